The van der Waals surface area contributed by atoms with Crippen molar-refractivity contribution in [2.45, 2.75) is 31.0 Å². The number of carbonyl (C=O) groups is 1. The molecule has 0 aliphatic carbocycles. The van der Waals surface area contributed by atoms with Crippen molar-refractivity contribution >= 4 is 23.3 Å². The van der Waals surface area contributed by atoms with Gasteiger partial charge in [0.1, 0.15) is 17.6 Å². The number of rotatable bonds is 6. The molecule has 0 amide bonds. The van der Waals surface area contributed by atoms with E-state index in [1.54, 1.807) is 30.5 Å². The van der Waals surface area contributed by atoms with Gasteiger partial charge in [0.15, 0.2) is 5.11 Å². The number of carboxylic acid groups (broad SMARTS) is 1. The lowest BCUT2D eigenvalue weighted by molar-refractivity contribution is 0.0696. The van der Waals surface area contributed by atoms with Gasteiger partial charge in [0.2, 0.25) is 0 Å². The fourth-order valence-corrected chi connectivity index (χ4v) is 4.68. The van der Waals surface area contributed by atoms with E-state index in [4.69, 9.17) is 26.5 Å². The minimum Gasteiger partial charge on any atom is -0.478 e. The van der Waals surface area contributed by atoms with Gasteiger partial charge >= 0.3 is 5.97 Å². The second-order valence-electron chi connectivity index (χ2n) is 8.00. The van der Waals surface area contributed by atoms with Crippen molar-refractivity contribution in [3.63, 3.8) is 0 Å². The van der Waals surface area contributed by atoms with E-state index in [9.17, 15) is 4.79 Å². The molecule has 1 aromatic carbocycles. The van der Waals surface area contributed by atoms with Crippen LogP contribution >= 0.6 is 12.2 Å². The largest absolute Gasteiger partial charge is 0.478 e. The maximum atomic E-state index is 11.1. The van der Waals surface area contributed by atoms with Gasteiger partial charge in [-0.1, -0.05) is 18.2 Å². The zero-order valence-corrected chi connectivity index (χ0v) is 18.1. The van der Waals surface area contributed by atoms with Gasteiger partial charge in [0, 0.05) is 24.9 Å². The van der Waals surface area contributed by atoms with E-state index in [0.29, 0.717) is 17.4 Å². The third-order valence-electron chi connectivity index (χ3n) is 5.96. The Morgan fingerprint density at radius 1 is 1.19 bits per heavy atom. The number of benzene rings is 1. The summed E-state index contributed by atoms with van der Waals surface area (Å²) >= 11 is 5.70. The lowest BCUT2D eigenvalue weighted by Gasteiger charge is -2.28. The van der Waals surface area contributed by atoms with Crippen LogP contribution in [0.4, 0.5) is 0 Å². The number of furan rings is 1. The third kappa shape index (κ3) is 3.99. The molecule has 0 saturated carbocycles. The van der Waals surface area contributed by atoms with E-state index in [0.717, 1.165) is 36.5 Å². The lowest BCUT2D eigenvalue weighted by atomic mass is 10.0. The minimum absolute atomic E-state index is 0.137. The number of hydrogen-bond donors (Lipinski definition) is 2. The number of pyridine rings is 1. The van der Waals surface area contributed by atoms with E-state index < -0.39 is 5.97 Å². The fraction of sp³-hybridized carbons (Fsp3) is 0.292. The highest BCUT2D eigenvalue weighted by atomic mass is 32.1. The van der Waals surface area contributed by atoms with Gasteiger partial charge in [-0.05, 0) is 61.5 Å². The predicted octanol–water partition coefficient (Wildman–Crippen LogP) is 4.19. The van der Waals surface area contributed by atoms with E-state index in [1.807, 2.05) is 30.3 Å². The van der Waals surface area contributed by atoms with Crippen molar-refractivity contribution in [2.75, 3.05) is 13.2 Å². The Bertz CT molecular complexity index is 1110. The van der Waals surface area contributed by atoms with Gasteiger partial charge in [-0.3, -0.25) is 4.98 Å². The minimum atomic E-state index is -0.954. The van der Waals surface area contributed by atoms with Crippen molar-refractivity contribution < 1.29 is 19.1 Å². The maximum absolute atomic E-state index is 11.1. The Kier molecular flexibility index (Phi) is 5.63. The van der Waals surface area contributed by atoms with Gasteiger partial charge in [0.05, 0.1) is 23.4 Å². The molecule has 7 nitrogen and oxygen atoms in total. The SMILES string of the molecule is O=C(O)c1ccc(-c2ccc([C@@H]3[C@@H](c4ccccn4)NC(=S)N3C[C@H]3CCCO3)o2)cc1. The Morgan fingerprint density at radius 3 is 2.72 bits per heavy atom. The standard InChI is InChI=1S/C24H23N3O4S/c28-23(29)16-8-6-15(7-9-16)19-10-11-20(31-19)22-21(18-5-1-2-12-25-18)26-24(32)27(22)14-17-4-3-13-30-17/h1-2,5-12,17,21-22H,3-4,13-14H2,(H,26,32)(H,28,29)/t17-,21-,22-/m1/s1. The summed E-state index contributed by atoms with van der Waals surface area (Å²) in [6, 6.07) is 16.0. The van der Waals surface area contributed by atoms with Crippen LogP contribution in [0.5, 0.6) is 0 Å². The first kappa shape index (κ1) is 20.7. The summed E-state index contributed by atoms with van der Waals surface area (Å²) < 4.78 is 12.2. The van der Waals surface area contributed by atoms with E-state index in [-0.39, 0.29) is 23.8 Å². The van der Waals surface area contributed by atoms with Crippen LogP contribution in [0.15, 0.2) is 65.2 Å². The first-order chi connectivity index (χ1) is 15.6. The van der Waals surface area contributed by atoms with Gasteiger partial charge in [-0.2, -0.15) is 0 Å². The van der Waals surface area contributed by atoms with Gasteiger partial charge in [-0.15, -0.1) is 0 Å². The second-order valence-corrected chi connectivity index (χ2v) is 8.39. The highest BCUT2D eigenvalue weighted by Crippen LogP contribution is 2.41. The molecule has 2 aliphatic rings. The molecule has 2 fully saturated rings. The summed E-state index contributed by atoms with van der Waals surface area (Å²) in [5.74, 6) is 0.486. The maximum Gasteiger partial charge on any atom is 0.335 e. The van der Waals surface area contributed by atoms with Crippen LogP contribution in [0.25, 0.3) is 11.3 Å². The van der Waals surface area contributed by atoms with Crippen LogP contribution in [0.3, 0.4) is 0 Å². The number of nitrogens with one attached hydrogen (secondary N) is 1. The summed E-state index contributed by atoms with van der Waals surface area (Å²) in [6.07, 6.45) is 3.99. The van der Waals surface area contributed by atoms with Crippen molar-refractivity contribution in [1.29, 1.82) is 0 Å². The molecule has 0 bridgehead atoms. The number of thiocarbonyl (C=S) groups is 1. The molecule has 0 radical (unpaired) electrons. The number of hydrogen-bond acceptors (Lipinski definition) is 5. The normalized spacial score (nSPS) is 22.8. The van der Waals surface area contributed by atoms with E-state index >= 15 is 0 Å². The molecule has 3 aromatic rings. The van der Waals surface area contributed by atoms with Crippen LogP contribution in [0.1, 0.15) is 46.7 Å². The zero-order chi connectivity index (χ0) is 22.1. The highest BCUT2D eigenvalue weighted by molar-refractivity contribution is 7.80. The Hall–Kier alpha value is -3.23. The zero-order valence-electron chi connectivity index (χ0n) is 17.3. The molecular weight excluding hydrogens is 426 g/mol. The van der Waals surface area contributed by atoms with Gasteiger partial charge in [-0.25, -0.2) is 4.79 Å². The van der Waals surface area contributed by atoms with Crippen molar-refractivity contribution in [1.82, 2.24) is 15.2 Å². The molecular formula is C24H23N3O4S. The molecule has 5 rings (SSSR count). The first-order valence-electron chi connectivity index (χ1n) is 10.6. The quantitative estimate of drug-likeness (QED) is 0.542. The number of aromatic nitrogens is 1. The lowest BCUT2D eigenvalue weighted by Crippen LogP contribution is -2.36. The number of aromatic carboxylic acids is 1. The molecule has 8 heteroatoms. The predicted molar refractivity (Wildman–Crippen MR) is 122 cm³/mol. The van der Waals surface area contributed by atoms with Crippen molar-refractivity contribution in [2.24, 2.45) is 0 Å². The number of ether oxygens (including phenoxy) is 1. The third-order valence-corrected chi connectivity index (χ3v) is 6.31. The van der Waals surface area contributed by atoms with Crippen LogP contribution in [-0.4, -0.2) is 45.3 Å². The van der Waals surface area contributed by atoms with Crippen LogP contribution < -0.4 is 5.32 Å². The Balaban J connectivity index is 1.48. The molecule has 164 valence electrons. The van der Waals surface area contributed by atoms with Gasteiger partial charge in [0.25, 0.3) is 0 Å². The summed E-state index contributed by atoms with van der Waals surface area (Å²) in [6.45, 7) is 1.47. The average molecular weight is 450 g/mol. The molecule has 4 heterocycles. The van der Waals surface area contributed by atoms with Crippen molar-refractivity contribution in [3.05, 3.63) is 77.8 Å². The summed E-state index contributed by atoms with van der Waals surface area (Å²) in [5.41, 5.74) is 1.94. The number of carboxylic acids is 1. The summed E-state index contributed by atoms with van der Waals surface area (Å²) in [5, 5.41) is 13.2. The Morgan fingerprint density at radius 2 is 2.03 bits per heavy atom. The van der Waals surface area contributed by atoms with Crippen LogP contribution in [0.2, 0.25) is 0 Å². The van der Waals surface area contributed by atoms with Crippen molar-refractivity contribution in [3.8, 4) is 11.3 Å². The molecule has 0 unspecified atom stereocenters. The molecule has 0 spiro atoms. The fourth-order valence-electron chi connectivity index (χ4n) is 4.36. The molecule has 32 heavy (non-hydrogen) atoms. The van der Waals surface area contributed by atoms with E-state index in [2.05, 4.69) is 15.2 Å². The Labute approximate surface area is 191 Å². The summed E-state index contributed by atoms with van der Waals surface area (Å²) in [4.78, 5) is 17.8. The molecule has 2 N–H and O–H groups in total. The van der Waals surface area contributed by atoms with Crippen LogP contribution in [0, 0.1) is 0 Å². The first-order valence-corrected chi connectivity index (χ1v) is 11.0. The average Bonchev–Trinajstić information content (AvgIpc) is 3.56. The topological polar surface area (TPSA) is 87.8 Å². The highest BCUT2D eigenvalue weighted by Gasteiger charge is 2.42. The molecule has 2 aliphatic heterocycles. The molecule has 2 aromatic heterocycles. The van der Waals surface area contributed by atoms with Crippen LogP contribution in [-0.2, 0) is 4.74 Å². The smallest absolute Gasteiger partial charge is 0.335 e. The monoisotopic (exact) mass is 449 g/mol. The second kappa shape index (κ2) is 8.72. The van der Waals surface area contributed by atoms with E-state index in [1.165, 1.54) is 0 Å². The molecule has 3 atom stereocenters. The van der Waals surface area contributed by atoms with Gasteiger partial charge < -0.3 is 24.5 Å². The molecule has 2 saturated heterocycles. The number of nitrogens with zero attached hydrogens (tertiary/aromatic N) is 2. The summed E-state index contributed by atoms with van der Waals surface area (Å²) in [7, 11) is 0.